The molecule has 112 valence electrons. The average Bonchev–Trinajstić information content (AvgIpc) is 2.43. The topological polar surface area (TPSA) is 18.5 Å². The summed E-state index contributed by atoms with van der Waals surface area (Å²) >= 11 is 6.30. The second kappa shape index (κ2) is 6.97. The van der Waals surface area contributed by atoms with Gasteiger partial charge in [0.2, 0.25) is 0 Å². The van der Waals surface area contributed by atoms with E-state index < -0.39 is 0 Å². The predicted molar refractivity (Wildman–Crippen MR) is 88.1 cm³/mol. The molecule has 0 atom stereocenters. The summed E-state index contributed by atoms with van der Waals surface area (Å²) < 4.78 is 10.9. The van der Waals surface area contributed by atoms with Crippen LogP contribution >= 0.6 is 11.6 Å². The summed E-state index contributed by atoms with van der Waals surface area (Å²) in [5, 5.41) is 0.639. The van der Waals surface area contributed by atoms with Crippen LogP contribution in [0, 0.1) is 6.92 Å². The maximum atomic E-state index is 6.30. The number of hydrogen-bond acceptors (Lipinski definition) is 2. The zero-order valence-corrected chi connectivity index (χ0v) is 13.7. The lowest BCUT2D eigenvalue weighted by Gasteiger charge is -2.13. The van der Waals surface area contributed by atoms with Gasteiger partial charge in [-0.15, -0.1) is 0 Å². The Morgan fingerprint density at radius 1 is 1.05 bits per heavy atom. The van der Waals surface area contributed by atoms with Crippen LogP contribution < -0.4 is 4.74 Å². The molecule has 2 aromatic carbocycles. The van der Waals surface area contributed by atoms with Crippen LogP contribution in [0.3, 0.4) is 0 Å². The molecule has 0 fully saturated rings. The quantitative estimate of drug-likeness (QED) is 0.751. The summed E-state index contributed by atoms with van der Waals surface area (Å²) in [6.07, 6.45) is 0.115. The highest BCUT2D eigenvalue weighted by Crippen LogP contribution is 2.31. The molecule has 0 aliphatic rings. The van der Waals surface area contributed by atoms with Crippen LogP contribution in [0.25, 0.3) is 11.1 Å². The highest BCUT2D eigenvalue weighted by molar-refractivity contribution is 6.32. The highest BCUT2D eigenvalue weighted by atomic mass is 35.5. The fourth-order valence-corrected chi connectivity index (χ4v) is 2.45. The summed E-state index contributed by atoms with van der Waals surface area (Å²) in [4.78, 5) is 0. The zero-order chi connectivity index (χ0) is 15.4. The number of methoxy groups -OCH3 is 1. The minimum Gasteiger partial charge on any atom is -0.489 e. The number of halogens is 1. The molecule has 3 heteroatoms. The second-order valence-electron chi connectivity index (χ2n) is 5.39. The van der Waals surface area contributed by atoms with Gasteiger partial charge < -0.3 is 9.47 Å². The maximum absolute atomic E-state index is 6.30. The highest BCUT2D eigenvalue weighted by Gasteiger charge is 2.07. The summed E-state index contributed by atoms with van der Waals surface area (Å²) in [6, 6.07) is 12.3. The van der Waals surface area contributed by atoms with Gasteiger partial charge >= 0.3 is 0 Å². The molecule has 0 bridgehead atoms. The molecule has 0 N–H and O–H groups in total. The first-order valence-electron chi connectivity index (χ1n) is 7.06. The van der Waals surface area contributed by atoms with Crippen molar-refractivity contribution in [3.05, 3.63) is 52.5 Å². The van der Waals surface area contributed by atoms with Crippen LogP contribution in [0.15, 0.2) is 36.4 Å². The molecule has 2 aromatic rings. The van der Waals surface area contributed by atoms with Crippen molar-refractivity contribution in [2.45, 2.75) is 33.5 Å². The number of aryl methyl sites for hydroxylation is 1. The lowest BCUT2D eigenvalue weighted by Crippen LogP contribution is -2.05. The van der Waals surface area contributed by atoms with Crippen LogP contribution in [0.4, 0.5) is 0 Å². The molecule has 0 heterocycles. The van der Waals surface area contributed by atoms with Crippen molar-refractivity contribution in [1.82, 2.24) is 0 Å². The first-order chi connectivity index (χ1) is 10.0. The molecule has 0 unspecified atom stereocenters. The van der Waals surface area contributed by atoms with E-state index in [4.69, 9.17) is 21.1 Å². The van der Waals surface area contributed by atoms with E-state index in [2.05, 4.69) is 25.1 Å². The van der Waals surface area contributed by atoms with Gasteiger partial charge in [-0.3, -0.25) is 0 Å². The largest absolute Gasteiger partial charge is 0.489 e. The Morgan fingerprint density at radius 3 is 2.29 bits per heavy atom. The third-order valence-corrected chi connectivity index (χ3v) is 3.57. The van der Waals surface area contributed by atoms with Gasteiger partial charge in [0.15, 0.2) is 0 Å². The Morgan fingerprint density at radius 2 is 1.71 bits per heavy atom. The van der Waals surface area contributed by atoms with E-state index in [-0.39, 0.29) is 6.10 Å². The van der Waals surface area contributed by atoms with Crippen molar-refractivity contribution in [2.75, 3.05) is 7.11 Å². The summed E-state index contributed by atoms with van der Waals surface area (Å²) in [7, 11) is 1.71. The van der Waals surface area contributed by atoms with E-state index in [1.807, 2.05) is 32.0 Å². The SMILES string of the molecule is COCc1ccc(-c2ccc(OC(C)C)c(Cl)c2)cc1C. The van der Waals surface area contributed by atoms with Gasteiger partial charge in [0.05, 0.1) is 17.7 Å². The number of ether oxygens (including phenoxy) is 2. The molecule has 0 saturated carbocycles. The van der Waals surface area contributed by atoms with Crippen molar-refractivity contribution in [2.24, 2.45) is 0 Å². The first kappa shape index (κ1) is 15.9. The van der Waals surface area contributed by atoms with Crippen molar-refractivity contribution < 1.29 is 9.47 Å². The number of rotatable bonds is 5. The van der Waals surface area contributed by atoms with E-state index in [0.717, 1.165) is 16.9 Å². The minimum absolute atomic E-state index is 0.115. The normalized spacial score (nSPS) is 11.0. The Balaban J connectivity index is 2.30. The molecule has 0 aromatic heterocycles. The van der Waals surface area contributed by atoms with Gasteiger partial charge in [-0.2, -0.15) is 0 Å². The Labute approximate surface area is 131 Å². The van der Waals surface area contributed by atoms with E-state index in [1.54, 1.807) is 7.11 Å². The zero-order valence-electron chi connectivity index (χ0n) is 12.9. The van der Waals surface area contributed by atoms with Gasteiger partial charge in [-0.1, -0.05) is 35.9 Å². The van der Waals surface area contributed by atoms with E-state index in [9.17, 15) is 0 Å². The van der Waals surface area contributed by atoms with Crippen LogP contribution in [0.5, 0.6) is 5.75 Å². The van der Waals surface area contributed by atoms with Gasteiger partial charge in [-0.05, 0) is 55.2 Å². The standard InChI is InChI=1S/C18H21ClO2/c1-12(2)21-18-8-7-15(10-17(18)19)14-5-6-16(11-20-4)13(3)9-14/h5-10,12H,11H2,1-4H3. The van der Waals surface area contributed by atoms with Crippen molar-refractivity contribution in [3.8, 4) is 16.9 Å². The van der Waals surface area contributed by atoms with Crippen molar-refractivity contribution in [3.63, 3.8) is 0 Å². The third kappa shape index (κ3) is 3.99. The minimum atomic E-state index is 0.115. The monoisotopic (exact) mass is 304 g/mol. The van der Waals surface area contributed by atoms with Crippen LogP contribution in [0.2, 0.25) is 5.02 Å². The van der Waals surface area contributed by atoms with E-state index >= 15 is 0 Å². The molecular formula is C18H21ClO2. The van der Waals surface area contributed by atoms with Crippen LogP contribution in [-0.2, 0) is 11.3 Å². The average molecular weight is 305 g/mol. The van der Waals surface area contributed by atoms with Crippen molar-refractivity contribution >= 4 is 11.6 Å². The fourth-order valence-electron chi connectivity index (χ4n) is 2.22. The van der Waals surface area contributed by atoms with Gasteiger partial charge in [0, 0.05) is 7.11 Å². The molecule has 0 aliphatic carbocycles. The summed E-state index contributed by atoms with van der Waals surface area (Å²) in [6.45, 7) is 6.70. The lowest BCUT2D eigenvalue weighted by atomic mass is 10.00. The predicted octanol–water partition coefficient (Wildman–Crippen LogP) is 5.25. The molecule has 0 aliphatic heterocycles. The molecule has 0 radical (unpaired) electrons. The fraction of sp³-hybridized carbons (Fsp3) is 0.333. The van der Waals surface area contributed by atoms with Crippen LogP contribution in [0.1, 0.15) is 25.0 Å². The van der Waals surface area contributed by atoms with E-state index in [1.165, 1.54) is 11.1 Å². The Bertz CT molecular complexity index is 621. The Kier molecular flexibility index (Phi) is 5.27. The molecular weight excluding hydrogens is 284 g/mol. The molecule has 2 rings (SSSR count). The van der Waals surface area contributed by atoms with Gasteiger partial charge in [0.25, 0.3) is 0 Å². The molecule has 0 spiro atoms. The number of benzene rings is 2. The van der Waals surface area contributed by atoms with Crippen LogP contribution in [-0.4, -0.2) is 13.2 Å². The van der Waals surface area contributed by atoms with Gasteiger partial charge in [-0.25, -0.2) is 0 Å². The third-order valence-electron chi connectivity index (χ3n) is 3.27. The molecule has 0 amide bonds. The lowest BCUT2D eigenvalue weighted by molar-refractivity contribution is 0.184. The number of hydrogen-bond donors (Lipinski definition) is 0. The molecule has 21 heavy (non-hydrogen) atoms. The van der Waals surface area contributed by atoms with Gasteiger partial charge in [0.1, 0.15) is 5.75 Å². The first-order valence-corrected chi connectivity index (χ1v) is 7.44. The summed E-state index contributed by atoms with van der Waals surface area (Å²) in [5.74, 6) is 0.725. The maximum Gasteiger partial charge on any atom is 0.138 e. The molecule has 2 nitrogen and oxygen atoms in total. The molecule has 0 saturated heterocycles. The Hall–Kier alpha value is -1.51. The smallest absolute Gasteiger partial charge is 0.138 e. The summed E-state index contributed by atoms with van der Waals surface area (Å²) in [5.41, 5.74) is 4.65. The second-order valence-corrected chi connectivity index (χ2v) is 5.79. The van der Waals surface area contributed by atoms with Crippen molar-refractivity contribution in [1.29, 1.82) is 0 Å². The van der Waals surface area contributed by atoms with E-state index in [0.29, 0.717) is 11.6 Å².